The highest BCUT2D eigenvalue weighted by molar-refractivity contribution is 8.18. The van der Waals surface area contributed by atoms with Crippen molar-refractivity contribution in [3.05, 3.63) is 97.3 Å². The number of halogens is 3. The lowest BCUT2D eigenvalue weighted by Gasteiger charge is -2.14. The van der Waals surface area contributed by atoms with Crippen molar-refractivity contribution in [3.8, 4) is 11.5 Å². The van der Waals surface area contributed by atoms with Gasteiger partial charge in [-0.2, -0.15) is 0 Å². The number of rotatable bonds is 8. The molecular formula is C26H20Cl3NO4S. The van der Waals surface area contributed by atoms with E-state index in [4.69, 9.17) is 44.3 Å². The van der Waals surface area contributed by atoms with Crippen molar-refractivity contribution in [2.24, 2.45) is 0 Å². The second kappa shape index (κ2) is 11.4. The van der Waals surface area contributed by atoms with Gasteiger partial charge in [0.05, 0.1) is 18.1 Å². The molecule has 5 nitrogen and oxygen atoms in total. The molecule has 2 amide bonds. The second-order valence-corrected chi connectivity index (χ2v) is 9.77. The number of ether oxygens (including phenoxy) is 2. The minimum absolute atomic E-state index is 0.168. The van der Waals surface area contributed by atoms with E-state index in [2.05, 4.69) is 0 Å². The van der Waals surface area contributed by atoms with E-state index in [1.54, 1.807) is 66.7 Å². The Balaban J connectivity index is 1.52. The van der Waals surface area contributed by atoms with Gasteiger partial charge in [-0.25, -0.2) is 0 Å². The van der Waals surface area contributed by atoms with Gasteiger partial charge in [-0.3, -0.25) is 14.5 Å². The van der Waals surface area contributed by atoms with E-state index < -0.39 is 0 Å². The third-order valence-electron chi connectivity index (χ3n) is 5.13. The van der Waals surface area contributed by atoms with E-state index >= 15 is 0 Å². The van der Waals surface area contributed by atoms with E-state index in [9.17, 15) is 9.59 Å². The van der Waals surface area contributed by atoms with Crippen LogP contribution < -0.4 is 9.47 Å². The number of hydrogen-bond acceptors (Lipinski definition) is 5. The Hall–Kier alpha value is -2.64. The highest BCUT2D eigenvalue weighted by atomic mass is 35.5. The number of hydrogen-bond donors (Lipinski definition) is 0. The molecule has 0 bridgehead atoms. The molecular weight excluding hydrogens is 529 g/mol. The molecule has 1 aliphatic heterocycles. The summed E-state index contributed by atoms with van der Waals surface area (Å²) in [4.78, 5) is 26.9. The summed E-state index contributed by atoms with van der Waals surface area (Å²) >= 11 is 19.3. The summed E-state index contributed by atoms with van der Waals surface area (Å²) < 4.78 is 11.7. The van der Waals surface area contributed by atoms with Crippen LogP contribution in [0.25, 0.3) is 6.08 Å². The number of amides is 2. The second-order valence-electron chi connectivity index (χ2n) is 7.52. The maximum absolute atomic E-state index is 12.9. The van der Waals surface area contributed by atoms with Crippen molar-refractivity contribution in [2.75, 3.05) is 6.61 Å². The summed E-state index contributed by atoms with van der Waals surface area (Å²) in [6.07, 6.45) is 1.67. The fourth-order valence-corrected chi connectivity index (χ4v) is 4.85. The SMILES string of the molecule is CCOc1cc(/C=C2\SC(=O)N(Cc3ccc(Cl)cc3)C2=O)ccc1OCc1c(Cl)cccc1Cl. The van der Waals surface area contributed by atoms with Crippen molar-refractivity contribution in [2.45, 2.75) is 20.1 Å². The van der Waals surface area contributed by atoms with Crippen LogP contribution in [0.3, 0.4) is 0 Å². The van der Waals surface area contributed by atoms with Gasteiger partial charge < -0.3 is 9.47 Å². The third kappa shape index (κ3) is 6.14. The van der Waals surface area contributed by atoms with Crippen molar-refractivity contribution in [3.63, 3.8) is 0 Å². The normalized spacial score (nSPS) is 14.6. The monoisotopic (exact) mass is 547 g/mol. The molecule has 4 rings (SSSR count). The lowest BCUT2D eigenvalue weighted by Crippen LogP contribution is -2.27. The molecule has 0 aromatic heterocycles. The van der Waals surface area contributed by atoms with E-state index in [1.165, 1.54) is 4.90 Å². The number of benzene rings is 3. The Kier molecular flexibility index (Phi) is 8.29. The van der Waals surface area contributed by atoms with Gasteiger partial charge >= 0.3 is 0 Å². The smallest absolute Gasteiger partial charge is 0.293 e. The van der Waals surface area contributed by atoms with Crippen LogP contribution in [0.4, 0.5) is 4.79 Å². The quantitative estimate of drug-likeness (QED) is 0.268. The van der Waals surface area contributed by atoms with Gasteiger partial charge in [0.1, 0.15) is 6.61 Å². The molecule has 1 fully saturated rings. The molecule has 0 spiro atoms. The molecule has 3 aromatic carbocycles. The van der Waals surface area contributed by atoms with Gasteiger partial charge in [-0.05, 0) is 72.3 Å². The summed E-state index contributed by atoms with van der Waals surface area (Å²) in [5, 5.41) is 1.30. The van der Waals surface area contributed by atoms with Gasteiger partial charge in [0.15, 0.2) is 11.5 Å². The maximum Gasteiger partial charge on any atom is 0.293 e. The predicted octanol–water partition coefficient (Wildman–Crippen LogP) is 7.86. The summed E-state index contributed by atoms with van der Waals surface area (Å²) in [6.45, 7) is 2.63. The predicted molar refractivity (Wildman–Crippen MR) is 141 cm³/mol. The third-order valence-corrected chi connectivity index (χ3v) is 6.99. The fourth-order valence-electron chi connectivity index (χ4n) is 3.38. The van der Waals surface area contributed by atoms with Crippen molar-refractivity contribution in [1.82, 2.24) is 4.90 Å². The average Bonchev–Trinajstić information content (AvgIpc) is 3.08. The maximum atomic E-state index is 12.9. The van der Waals surface area contributed by atoms with Crippen molar-refractivity contribution < 1.29 is 19.1 Å². The van der Waals surface area contributed by atoms with E-state index in [1.807, 2.05) is 6.92 Å². The number of imide groups is 1. The standard InChI is InChI=1S/C26H20Cl3NO4S/c1-2-33-23-12-17(8-11-22(23)34-15-19-20(28)4-3-5-21(19)29)13-24-25(31)30(26(32)35-24)14-16-6-9-18(27)10-7-16/h3-13H,2,14-15H2,1H3/b24-13-. The van der Waals surface area contributed by atoms with E-state index in [-0.39, 0.29) is 24.3 Å². The minimum atomic E-state index is -0.346. The molecule has 0 aliphatic carbocycles. The fraction of sp³-hybridized carbons (Fsp3) is 0.154. The van der Waals surface area contributed by atoms with Crippen molar-refractivity contribution >= 4 is 63.8 Å². The van der Waals surface area contributed by atoms with Crippen LogP contribution in [-0.4, -0.2) is 22.7 Å². The van der Waals surface area contributed by atoms with E-state index in [0.29, 0.717) is 49.2 Å². The van der Waals surface area contributed by atoms with Crippen LogP contribution in [0.1, 0.15) is 23.6 Å². The van der Waals surface area contributed by atoms with Crippen LogP contribution >= 0.6 is 46.6 Å². The molecule has 3 aromatic rings. The van der Waals surface area contributed by atoms with Crippen LogP contribution in [0.5, 0.6) is 11.5 Å². The number of thioether (sulfide) groups is 1. The average molecular weight is 549 g/mol. The van der Waals surface area contributed by atoms with Gasteiger partial charge in [-0.15, -0.1) is 0 Å². The van der Waals surface area contributed by atoms with Crippen molar-refractivity contribution in [1.29, 1.82) is 0 Å². The molecule has 9 heteroatoms. The van der Waals surface area contributed by atoms with Crippen LogP contribution in [0.2, 0.25) is 15.1 Å². The Morgan fingerprint density at radius 1 is 0.914 bits per heavy atom. The van der Waals surface area contributed by atoms with Gasteiger partial charge in [0.25, 0.3) is 11.1 Å². The summed E-state index contributed by atoms with van der Waals surface area (Å²) in [6, 6.07) is 17.6. The number of carbonyl (C=O) groups excluding carboxylic acids is 2. The first-order chi connectivity index (χ1) is 16.9. The highest BCUT2D eigenvalue weighted by Crippen LogP contribution is 2.36. The molecule has 0 N–H and O–H groups in total. The first-order valence-electron chi connectivity index (χ1n) is 10.7. The van der Waals surface area contributed by atoms with E-state index in [0.717, 1.165) is 17.3 Å². The summed E-state index contributed by atoms with van der Waals surface area (Å²) in [7, 11) is 0. The Bertz CT molecular complexity index is 1270. The Labute approximate surface area is 222 Å². The molecule has 1 heterocycles. The highest BCUT2D eigenvalue weighted by Gasteiger charge is 2.35. The largest absolute Gasteiger partial charge is 0.490 e. The summed E-state index contributed by atoms with van der Waals surface area (Å²) in [5.41, 5.74) is 2.20. The molecule has 0 atom stereocenters. The first-order valence-corrected chi connectivity index (χ1v) is 12.6. The zero-order valence-corrected chi connectivity index (χ0v) is 21.7. The lowest BCUT2D eigenvalue weighted by molar-refractivity contribution is -0.123. The zero-order valence-electron chi connectivity index (χ0n) is 18.6. The van der Waals surface area contributed by atoms with Gasteiger partial charge in [-0.1, -0.05) is 59.1 Å². The molecule has 0 unspecified atom stereocenters. The number of carbonyl (C=O) groups is 2. The minimum Gasteiger partial charge on any atom is -0.490 e. The lowest BCUT2D eigenvalue weighted by atomic mass is 10.1. The molecule has 1 aliphatic rings. The van der Waals surface area contributed by atoms with Gasteiger partial charge in [0, 0.05) is 20.6 Å². The first kappa shape index (κ1) is 25.5. The molecule has 35 heavy (non-hydrogen) atoms. The van der Waals surface area contributed by atoms with Crippen LogP contribution in [-0.2, 0) is 17.9 Å². The summed E-state index contributed by atoms with van der Waals surface area (Å²) in [5.74, 6) is 0.669. The molecule has 180 valence electrons. The van der Waals surface area contributed by atoms with Crippen LogP contribution in [0, 0.1) is 0 Å². The topological polar surface area (TPSA) is 55.8 Å². The molecule has 1 saturated heterocycles. The Morgan fingerprint density at radius 2 is 1.63 bits per heavy atom. The molecule has 0 radical (unpaired) electrons. The zero-order chi connectivity index (χ0) is 24.9. The number of nitrogens with zero attached hydrogens (tertiary/aromatic N) is 1. The molecule has 0 saturated carbocycles. The Morgan fingerprint density at radius 3 is 2.31 bits per heavy atom. The van der Waals surface area contributed by atoms with Crippen LogP contribution in [0.15, 0.2) is 65.6 Å². The van der Waals surface area contributed by atoms with Gasteiger partial charge in [0.2, 0.25) is 0 Å².